The van der Waals surface area contributed by atoms with Crippen LogP contribution in [0.1, 0.15) is 47.0 Å². The Morgan fingerprint density at radius 2 is 2.00 bits per heavy atom. The number of hydrogen-bond acceptors (Lipinski definition) is 3. The molecule has 0 aromatic rings. The Morgan fingerprint density at radius 1 is 1.37 bits per heavy atom. The van der Waals surface area contributed by atoms with Gasteiger partial charge < -0.3 is 14.7 Å². The maximum Gasteiger partial charge on any atom is 0.407 e. The lowest BCUT2D eigenvalue weighted by Gasteiger charge is -2.46. The van der Waals surface area contributed by atoms with Crippen LogP contribution in [0.25, 0.3) is 0 Å². The Bertz CT molecular complexity index is 335. The van der Waals surface area contributed by atoms with Crippen LogP contribution in [-0.2, 0) is 9.53 Å². The van der Waals surface area contributed by atoms with Gasteiger partial charge in [0.05, 0.1) is 13.0 Å². The van der Waals surface area contributed by atoms with Crippen molar-refractivity contribution in [3.8, 4) is 0 Å². The molecule has 1 aliphatic rings. The van der Waals surface area contributed by atoms with Crippen molar-refractivity contribution in [3.63, 3.8) is 0 Å². The molecule has 1 fully saturated rings. The van der Waals surface area contributed by atoms with Gasteiger partial charge in [-0.05, 0) is 31.1 Å². The molecule has 1 unspecified atom stereocenters. The third kappa shape index (κ3) is 4.11. The Morgan fingerprint density at radius 3 is 2.47 bits per heavy atom. The average molecular weight is 271 g/mol. The van der Waals surface area contributed by atoms with Gasteiger partial charge in [0.1, 0.15) is 0 Å². The van der Waals surface area contributed by atoms with Gasteiger partial charge in [-0.25, -0.2) is 4.79 Å². The van der Waals surface area contributed by atoms with Gasteiger partial charge in [-0.15, -0.1) is 0 Å². The van der Waals surface area contributed by atoms with Crippen molar-refractivity contribution in [2.75, 3.05) is 13.2 Å². The average Bonchev–Trinajstić information content (AvgIpc) is 2.27. The van der Waals surface area contributed by atoms with Crippen molar-refractivity contribution in [1.29, 1.82) is 0 Å². The normalized spacial score (nSPS) is 24.1. The van der Waals surface area contributed by atoms with E-state index in [2.05, 4.69) is 0 Å². The molecule has 0 saturated carbocycles. The van der Waals surface area contributed by atoms with E-state index in [1.54, 1.807) is 6.92 Å². The van der Waals surface area contributed by atoms with Gasteiger partial charge in [-0.2, -0.15) is 0 Å². The molecule has 0 aromatic heterocycles. The molecule has 0 spiro atoms. The van der Waals surface area contributed by atoms with Gasteiger partial charge in [0.2, 0.25) is 0 Å². The zero-order valence-corrected chi connectivity index (χ0v) is 12.3. The van der Waals surface area contributed by atoms with Crippen LogP contribution < -0.4 is 0 Å². The second kappa shape index (κ2) is 6.26. The molecule has 1 N–H and O–H groups in total. The summed E-state index contributed by atoms with van der Waals surface area (Å²) in [6, 6.07) is -0.136. The molecule has 0 bridgehead atoms. The fraction of sp³-hybridized carbons (Fsp3) is 0.857. The molecule has 0 aromatic carbocycles. The zero-order chi connectivity index (χ0) is 14.6. The predicted molar refractivity (Wildman–Crippen MR) is 71.9 cm³/mol. The minimum atomic E-state index is -0.895. The molecule has 1 saturated heterocycles. The highest BCUT2D eigenvalue weighted by molar-refractivity contribution is 5.70. The van der Waals surface area contributed by atoms with Crippen LogP contribution in [0, 0.1) is 11.3 Å². The van der Waals surface area contributed by atoms with E-state index < -0.39 is 6.09 Å². The number of likely N-dealkylation sites (tertiary alicyclic amines) is 1. The number of carbonyl (C=O) groups is 2. The molecule has 0 aliphatic carbocycles. The van der Waals surface area contributed by atoms with Crippen LogP contribution in [-0.4, -0.2) is 41.3 Å². The lowest BCUT2D eigenvalue weighted by atomic mass is 9.73. The van der Waals surface area contributed by atoms with Crippen LogP contribution in [0.3, 0.4) is 0 Å². The first kappa shape index (κ1) is 15.8. The summed E-state index contributed by atoms with van der Waals surface area (Å²) in [5.74, 6) is -0.183. The van der Waals surface area contributed by atoms with E-state index in [4.69, 9.17) is 4.74 Å². The summed E-state index contributed by atoms with van der Waals surface area (Å²) in [6.45, 7) is 8.78. The predicted octanol–water partition coefficient (Wildman–Crippen LogP) is 2.74. The Balaban J connectivity index is 2.87. The van der Waals surface area contributed by atoms with Crippen molar-refractivity contribution >= 4 is 12.1 Å². The first-order valence-electron chi connectivity index (χ1n) is 6.92. The zero-order valence-electron chi connectivity index (χ0n) is 12.3. The van der Waals surface area contributed by atoms with Crippen LogP contribution in [0.2, 0.25) is 0 Å². The number of carbonyl (C=O) groups excluding carboxylic acids is 1. The molecule has 2 atom stereocenters. The number of rotatable bonds is 3. The van der Waals surface area contributed by atoms with E-state index in [0.29, 0.717) is 19.6 Å². The van der Waals surface area contributed by atoms with Gasteiger partial charge in [0.15, 0.2) is 0 Å². The molecule has 1 heterocycles. The van der Waals surface area contributed by atoms with Crippen LogP contribution in [0.15, 0.2) is 0 Å². The summed E-state index contributed by atoms with van der Waals surface area (Å²) < 4.78 is 5.00. The van der Waals surface area contributed by atoms with E-state index in [9.17, 15) is 14.7 Å². The lowest BCUT2D eigenvalue weighted by Crippen LogP contribution is -2.54. The smallest absolute Gasteiger partial charge is 0.407 e. The number of hydrogen-bond donors (Lipinski definition) is 1. The topological polar surface area (TPSA) is 66.8 Å². The Kier molecular flexibility index (Phi) is 5.20. The van der Waals surface area contributed by atoms with Gasteiger partial charge in [0, 0.05) is 12.6 Å². The second-order valence-corrected chi connectivity index (χ2v) is 6.20. The SMILES string of the molecule is CCOC(=O)C[C@H]1CCCN(C(=O)O)C1C(C)(C)C. The Hall–Kier alpha value is -1.26. The van der Waals surface area contributed by atoms with Gasteiger partial charge in [-0.1, -0.05) is 20.8 Å². The summed E-state index contributed by atoms with van der Waals surface area (Å²) in [5, 5.41) is 9.34. The molecule has 0 radical (unpaired) electrons. The summed E-state index contributed by atoms with van der Waals surface area (Å²) >= 11 is 0. The highest BCUT2D eigenvalue weighted by Crippen LogP contribution is 2.37. The molecule has 110 valence electrons. The summed E-state index contributed by atoms with van der Waals surface area (Å²) in [7, 11) is 0. The number of amides is 1. The number of piperidine rings is 1. The quantitative estimate of drug-likeness (QED) is 0.801. The number of carboxylic acid groups (broad SMARTS) is 1. The van der Waals surface area contributed by atoms with Crippen molar-refractivity contribution in [2.45, 2.75) is 53.0 Å². The van der Waals surface area contributed by atoms with Gasteiger partial charge in [0.25, 0.3) is 0 Å². The molecule has 1 aliphatic heterocycles. The third-order valence-corrected chi connectivity index (χ3v) is 3.62. The summed E-state index contributed by atoms with van der Waals surface area (Å²) in [5.41, 5.74) is -0.185. The number of esters is 1. The minimum Gasteiger partial charge on any atom is -0.466 e. The van der Waals surface area contributed by atoms with Crippen LogP contribution in [0.4, 0.5) is 4.79 Å². The Labute approximate surface area is 114 Å². The van der Waals surface area contributed by atoms with E-state index in [1.807, 2.05) is 20.8 Å². The monoisotopic (exact) mass is 271 g/mol. The lowest BCUT2D eigenvalue weighted by molar-refractivity contribution is -0.145. The maximum absolute atomic E-state index is 11.7. The highest BCUT2D eigenvalue weighted by Gasteiger charge is 2.42. The van der Waals surface area contributed by atoms with E-state index >= 15 is 0 Å². The molecule has 5 heteroatoms. The van der Waals surface area contributed by atoms with Gasteiger partial charge in [-0.3, -0.25) is 4.79 Å². The van der Waals surface area contributed by atoms with E-state index in [1.165, 1.54) is 4.90 Å². The highest BCUT2D eigenvalue weighted by atomic mass is 16.5. The van der Waals surface area contributed by atoms with Crippen LogP contribution >= 0.6 is 0 Å². The number of nitrogens with zero attached hydrogens (tertiary/aromatic N) is 1. The third-order valence-electron chi connectivity index (χ3n) is 3.62. The first-order chi connectivity index (χ1) is 8.77. The summed E-state index contributed by atoms with van der Waals surface area (Å²) in [4.78, 5) is 24.5. The molecular weight excluding hydrogens is 246 g/mol. The van der Waals surface area contributed by atoms with Gasteiger partial charge >= 0.3 is 12.1 Å². The summed E-state index contributed by atoms with van der Waals surface area (Å²) in [6.07, 6.45) is 1.10. The van der Waals surface area contributed by atoms with Crippen molar-refractivity contribution in [1.82, 2.24) is 4.90 Å². The molecule has 1 rings (SSSR count). The maximum atomic E-state index is 11.7. The van der Waals surface area contributed by atoms with Crippen molar-refractivity contribution in [2.24, 2.45) is 11.3 Å². The number of ether oxygens (including phenoxy) is 1. The minimum absolute atomic E-state index is 0.0453. The molecule has 19 heavy (non-hydrogen) atoms. The standard InChI is InChI=1S/C14H25NO4/c1-5-19-11(16)9-10-7-6-8-15(13(17)18)12(10)14(2,3)4/h10,12H,5-9H2,1-4H3,(H,17,18)/t10-,12?/m1/s1. The van der Waals surface area contributed by atoms with Crippen molar-refractivity contribution < 1.29 is 19.4 Å². The fourth-order valence-electron chi connectivity index (χ4n) is 3.11. The van der Waals surface area contributed by atoms with Crippen molar-refractivity contribution in [3.05, 3.63) is 0 Å². The largest absolute Gasteiger partial charge is 0.466 e. The van der Waals surface area contributed by atoms with Crippen LogP contribution in [0.5, 0.6) is 0 Å². The molecule has 5 nitrogen and oxygen atoms in total. The first-order valence-corrected chi connectivity index (χ1v) is 6.92. The molecule has 1 amide bonds. The van der Waals surface area contributed by atoms with E-state index in [0.717, 1.165) is 12.8 Å². The molecular formula is C14H25NO4. The second-order valence-electron chi connectivity index (χ2n) is 6.20. The van der Waals surface area contributed by atoms with E-state index in [-0.39, 0.29) is 23.3 Å². The fourth-order valence-corrected chi connectivity index (χ4v) is 3.11.